The van der Waals surface area contributed by atoms with Crippen LogP contribution in [0.5, 0.6) is 46.0 Å². The number of aliphatic hydroxyl groups excluding tert-OH is 7. The van der Waals surface area contributed by atoms with Gasteiger partial charge in [-0.25, -0.2) is 0 Å². The van der Waals surface area contributed by atoms with Crippen LogP contribution in [0, 0.1) is 17.8 Å². The summed E-state index contributed by atoms with van der Waals surface area (Å²) in [6.07, 6.45) is -9.06. The van der Waals surface area contributed by atoms with E-state index in [2.05, 4.69) is 38.8 Å². The maximum Gasteiger partial charge on any atom is 0.295 e. The number of aliphatic hydroxyl groups is 7. The van der Waals surface area contributed by atoms with Crippen LogP contribution in [0.25, 0.3) is 11.1 Å². The summed E-state index contributed by atoms with van der Waals surface area (Å²) in [4.78, 5) is 119. The number of phenolic OH excluding ortho intramolecular Hbond substituents is 3. The Balaban J connectivity index is 1.17. The molecule has 2 saturated heterocycles. The largest absolute Gasteiger partial charge is 0.507 e. The number of hydrogen-bond donors (Lipinski definition) is 17. The van der Waals surface area contributed by atoms with Crippen LogP contribution in [0.3, 0.4) is 0 Å². The van der Waals surface area contributed by atoms with Gasteiger partial charge in [-0.2, -0.15) is 0 Å². The standard InChI is InChI=1S/C85H111Cl2N7O25/c1-7-9-10-11-12-13-14-15-16-17-18-25-90-85(6)38-66(114-43(5)78(85)108)118-77-75(107)74(106)64(40-96)117-84(77)119-76-62-33-48-34-63(76)116-61-24-21-47(31-55(61)87)72(104)70-82(112)94-83(113-41-97)52-37-57(99)53(39-89-26-27-95)73(105)67(52)51-29-45(19-22-56(51)98)50(81(111)93-70)36-59(101)68(48)91-80(110)49(35-65(88)102)32-58(100)69(92-79(109)44(8-2)28-42(3)4)71(103)46-20-23-60(115-62)54(86)30-46/h19-24,29-31,33-34,37,41-44,49-50,64,66,68-72,74-75,77-78,83-84,89-90,95-96,98-99,103-108H,7-18,25-28,32,35-36,38-40H2,1-6H3,(H2,88,102)(H,91,110)(H,92,109)(H,93,111)(H,94,112)/t43-,44+,49-,50-,64+,66-,68+,69-,70-,71+,72+,74?,75?,77+,78+,83+,84-,85?/m0/s1. The predicted octanol–water partition coefficient (Wildman–Crippen LogP) is 7.59. The average Bonchev–Trinajstić information content (AvgIpc) is 0.759. The SMILES string of the molecule is CCCCCCCCCCCCCNC1(C)C[C@H](O[C@@H]2C(O)C(O)[C@@H](CO)O[C@H]2Oc2c3cc4cc2Oc2ccc(cc2Cl)[C@@H](O)[C@@H](NC(=O)[C@H](CC)CC(C)C)C(=O)C[C@@H](CC(N)=O)C(=O)N[C@H]4C(=O)C[C@@H]2C(=O)N[C@H](C(=O)N[C@H](OC=O)c4cc(O)c(CNCCO)c(O)c4-c4cc2ccc4O)[C@H](O)c2ccc(c(Cl)c2)O3)O[C@@H](C)[C@H]1O. The number of amides is 5. The molecule has 7 aliphatic rings. The van der Waals surface area contributed by atoms with Crippen LogP contribution < -0.4 is 51.8 Å². The molecule has 3 unspecified atom stereocenters. The molecular formula is C85H111Cl2N7O25. The molecule has 0 saturated carbocycles. The van der Waals surface area contributed by atoms with Gasteiger partial charge in [0.15, 0.2) is 35.5 Å². The van der Waals surface area contributed by atoms with Gasteiger partial charge in [-0.3, -0.25) is 38.4 Å². The van der Waals surface area contributed by atoms with Crippen molar-refractivity contribution in [3.05, 3.63) is 116 Å². The minimum Gasteiger partial charge on any atom is -0.507 e. The fourth-order valence-corrected chi connectivity index (χ4v) is 16.5. The van der Waals surface area contributed by atoms with Gasteiger partial charge in [0.05, 0.1) is 52.9 Å². The third-order valence-corrected chi connectivity index (χ3v) is 23.2. The molecule has 119 heavy (non-hydrogen) atoms. The van der Waals surface area contributed by atoms with Crippen molar-refractivity contribution < 1.29 is 123 Å². The number of benzene rings is 5. The number of ketones is 2. The molecular weight excluding hydrogens is 1590 g/mol. The number of fused-ring (bicyclic) bond motifs is 15. The van der Waals surface area contributed by atoms with Crippen molar-refractivity contribution in [1.29, 1.82) is 0 Å². The lowest BCUT2D eigenvalue weighted by molar-refractivity contribution is -0.334. The molecule has 0 spiro atoms. The first kappa shape index (κ1) is 92.4. The second kappa shape index (κ2) is 42.1. The van der Waals surface area contributed by atoms with Crippen LogP contribution in [-0.2, 0) is 63.8 Å². The van der Waals surface area contributed by atoms with Crippen LogP contribution in [0.2, 0.25) is 10.0 Å². The molecule has 0 aromatic heterocycles. The zero-order valence-electron chi connectivity index (χ0n) is 67.4. The highest BCUT2D eigenvalue weighted by atomic mass is 35.5. The second-order valence-corrected chi connectivity index (χ2v) is 32.8. The van der Waals surface area contributed by atoms with Crippen molar-refractivity contribution in [2.45, 2.75) is 254 Å². The van der Waals surface area contributed by atoms with Crippen molar-refractivity contribution >= 4 is 70.8 Å². The number of hydrogen-bond acceptors (Lipinski definition) is 27. The number of Topliss-reactive ketones (excluding diaryl/α,β-unsaturated/α-hetero) is 2. The highest BCUT2D eigenvalue weighted by Gasteiger charge is 2.52. The highest BCUT2D eigenvalue weighted by Crippen LogP contribution is 2.51. The monoisotopic (exact) mass is 1700 g/mol. The van der Waals surface area contributed by atoms with Gasteiger partial charge in [-0.1, -0.05) is 133 Å². The number of halogens is 2. The Labute approximate surface area is 699 Å². The number of nitrogens with two attached hydrogens (primary N) is 1. The van der Waals surface area contributed by atoms with Gasteiger partial charge in [0.2, 0.25) is 47.8 Å². The van der Waals surface area contributed by atoms with Crippen molar-refractivity contribution in [1.82, 2.24) is 31.9 Å². The summed E-state index contributed by atoms with van der Waals surface area (Å²) in [5.74, 6) is -16.7. The van der Waals surface area contributed by atoms with Crippen molar-refractivity contribution in [3.63, 3.8) is 0 Å². The van der Waals surface area contributed by atoms with E-state index in [1.54, 1.807) is 20.8 Å². The highest BCUT2D eigenvalue weighted by molar-refractivity contribution is 6.32. The number of unbranched alkanes of at least 4 members (excludes halogenated alkanes) is 10. The van der Waals surface area contributed by atoms with E-state index in [0.717, 1.165) is 68.5 Å². The summed E-state index contributed by atoms with van der Waals surface area (Å²) in [6.45, 7) is 9.80. The first-order valence-electron chi connectivity index (χ1n) is 40.7. The lowest BCUT2D eigenvalue weighted by Crippen LogP contribution is -2.65. The first-order chi connectivity index (χ1) is 56.8. The number of ether oxygens (including phenoxy) is 7. The molecule has 650 valence electrons. The van der Waals surface area contributed by atoms with E-state index in [4.69, 9.17) is 62.1 Å². The van der Waals surface area contributed by atoms with Crippen molar-refractivity contribution in [3.8, 4) is 57.1 Å². The Kier molecular flexibility index (Phi) is 32.7. The van der Waals surface area contributed by atoms with Gasteiger partial charge in [-0.15, -0.1) is 0 Å². The van der Waals surface area contributed by atoms with Crippen LogP contribution in [0.1, 0.15) is 214 Å². The van der Waals surface area contributed by atoms with E-state index >= 15 is 24.0 Å². The second-order valence-electron chi connectivity index (χ2n) is 31.9. The zero-order chi connectivity index (χ0) is 86.3. The van der Waals surface area contributed by atoms with Gasteiger partial charge in [0, 0.05) is 66.9 Å². The number of carbonyl (C=O) groups is 8. The maximum absolute atomic E-state index is 16.5. The molecule has 34 heteroatoms. The van der Waals surface area contributed by atoms with Crippen LogP contribution >= 0.6 is 23.2 Å². The number of carbonyl (C=O) groups excluding carboxylic acids is 8. The Morgan fingerprint density at radius 1 is 0.706 bits per heavy atom. The van der Waals surface area contributed by atoms with E-state index in [9.17, 15) is 65.4 Å². The predicted molar refractivity (Wildman–Crippen MR) is 431 cm³/mol. The van der Waals surface area contributed by atoms with Crippen LogP contribution in [0.15, 0.2) is 72.8 Å². The zero-order valence-corrected chi connectivity index (χ0v) is 68.9. The molecule has 11 bridgehead atoms. The summed E-state index contributed by atoms with van der Waals surface area (Å²) >= 11 is 14.4. The summed E-state index contributed by atoms with van der Waals surface area (Å²) in [5.41, 5.74) is 2.46. The van der Waals surface area contributed by atoms with Crippen molar-refractivity contribution in [2.24, 2.45) is 23.5 Å². The fraction of sp³-hybridized carbons (Fsp3) is 0.553. The number of rotatable bonds is 31. The van der Waals surface area contributed by atoms with Gasteiger partial charge in [0.25, 0.3) is 6.47 Å². The molecule has 18 atom stereocenters. The normalized spacial score (nSPS) is 26.9. The summed E-state index contributed by atoms with van der Waals surface area (Å²) < 4.78 is 45.2. The van der Waals surface area contributed by atoms with E-state index in [1.165, 1.54) is 74.9 Å². The van der Waals surface area contributed by atoms with Gasteiger partial charge in [0.1, 0.15) is 77.4 Å². The molecule has 12 rings (SSSR count). The van der Waals surface area contributed by atoms with Crippen LogP contribution in [-0.4, -0.2) is 192 Å². The van der Waals surface area contributed by atoms with Crippen molar-refractivity contribution in [2.75, 3.05) is 26.3 Å². The lowest BCUT2D eigenvalue weighted by atomic mass is 9.84. The molecule has 32 nitrogen and oxygen atoms in total. The molecule has 5 amide bonds. The molecule has 2 fully saturated rings. The third kappa shape index (κ3) is 22.5. The maximum atomic E-state index is 16.5. The number of phenols is 3. The molecule has 7 heterocycles. The number of nitrogens with one attached hydrogen (secondary N) is 6. The number of aromatic hydroxyl groups is 3. The van der Waals surface area contributed by atoms with E-state index < -0.39 is 228 Å². The Bertz CT molecular complexity index is 4430. The van der Waals surface area contributed by atoms with Gasteiger partial charge in [-0.05, 0) is 122 Å². The minimum atomic E-state index is -2.20. The van der Waals surface area contributed by atoms with Crippen LogP contribution in [0.4, 0.5) is 0 Å². The summed E-state index contributed by atoms with van der Waals surface area (Å²) in [7, 11) is 0. The molecule has 5 aromatic rings. The Morgan fingerprint density at radius 2 is 1.34 bits per heavy atom. The smallest absolute Gasteiger partial charge is 0.295 e. The molecule has 7 aliphatic heterocycles. The molecule has 0 aliphatic carbocycles. The molecule has 0 radical (unpaired) electrons. The third-order valence-electron chi connectivity index (χ3n) is 22.7. The van der Waals surface area contributed by atoms with E-state index in [-0.39, 0.29) is 86.8 Å². The minimum absolute atomic E-state index is 0.0189. The summed E-state index contributed by atoms with van der Waals surface area (Å²) in [5, 5.41) is 133. The quantitative estimate of drug-likeness (QED) is 0.0150. The topological polar surface area (TPSA) is 502 Å². The number of primary amides is 1. The lowest BCUT2D eigenvalue weighted by Gasteiger charge is -2.48. The van der Waals surface area contributed by atoms with E-state index in [0.29, 0.717) is 19.4 Å². The Hall–Kier alpha value is -8.84. The molecule has 18 N–H and O–H groups in total. The first-order valence-corrected chi connectivity index (χ1v) is 41.5. The molecule has 5 aromatic carbocycles. The fourth-order valence-electron chi connectivity index (χ4n) is 16.0. The average molecular weight is 1700 g/mol. The van der Waals surface area contributed by atoms with Gasteiger partial charge < -0.3 is 122 Å². The van der Waals surface area contributed by atoms with E-state index in [1.807, 2.05) is 13.8 Å². The summed E-state index contributed by atoms with van der Waals surface area (Å²) in [6, 6.07) is 7.69. The van der Waals surface area contributed by atoms with Gasteiger partial charge >= 0.3 is 0 Å². The Morgan fingerprint density at radius 3 is 1.93 bits per heavy atom.